The van der Waals surface area contributed by atoms with E-state index < -0.39 is 5.97 Å². The lowest BCUT2D eigenvalue weighted by molar-refractivity contribution is -0.131. The third-order valence-corrected chi connectivity index (χ3v) is 3.66. The molecule has 0 radical (unpaired) electrons. The highest BCUT2D eigenvalue weighted by atomic mass is 16.4. The summed E-state index contributed by atoms with van der Waals surface area (Å²) in [6.07, 6.45) is 7.10. The summed E-state index contributed by atoms with van der Waals surface area (Å²) in [6, 6.07) is 5.50. The van der Waals surface area contributed by atoms with Crippen molar-refractivity contribution in [3.63, 3.8) is 0 Å². The molecule has 1 aromatic carbocycles. The minimum atomic E-state index is -0.989. The van der Waals surface area contributed by atoms with Crippen molar-refractivity contribution >= 4 is 18.0 Å². The van der Waals surface area contributed by atoms with Crippen LogP contribution in [0.2, 0.25) is 0 Å². The summed E-state index contributed by atoms with van der Waals surface area (Å²) in [4.78, 5) is 25.1. The van der Waals surface area contributed by atoms with Gasteiger partial charge in [-0.05, 0) is 49.1 Å². The van der Waals surface area contributed by atoms with Gasteiger partial charge in [-0.2, -0.15) is 0 Å². The van der Waals surface area contributed by atoms with E-state index in [0.29, 0.717) is 5.56 Å². The standard InChI is InChI=1S/C17H21NO3/c1-13-10-14(6-7-16(19)20)12-15(11-13)17(21)18-8-4-2-3-5-9-18/h6-7,10-12H,2-5,8-9H2,1H3,(H,19,20)/b7-6+. The van der Waals surface area contributed by atoms with Crippen LogP contribution in [0.25, 0.3) is 6.08 Å². The van der Waals surface area contributed by atoms with Gasteiger partial charge in [-0.3, -0.25) is 4.79 Å². The molecule has 0 spiro atoms. The van der Waals surface area contributed by atoms with E-state index in [2.05, 4.69) is 0 Å². The molecule has 0 bridgehead atoms. The Morgan fingerprint density at radius 3 is 2.38 bits per heavy atom. The van der Waals surface area contributed by atoms with Crippen LogP contribution in [0.3, 0.4) is 0 Å². The number of nitrogens with zero attached hydrogens (tertiary/aromatic N) is 1. The number of aryl methyl sites for hydroxylation is 1. The second-order valence-corrected chi connectivity index (χ2v) is 5.51. The van der Waals surface area contributed by atoms with Crippen LogP contribution in [0, 0.1) is 6.92 Å². The van der Waals surface area contributed by atoms with Crippen molar-refractivity contribution in [3.05, 3.63) is 41.0 Å². The van der Waals surface area contributed by atoms with Gasteiger partial charge in [-0.15, -0.1) is 0 Å². The Balaban J connectivity index is 2.21. The first-order valence-corrected chi connectivity index (χ1v) is 7.38. The monoisotopic (exact) mass is 287 g/mol. The maximum Gasteiger partial charge on any atom is 0.328 e. The Kier molecular flexibility index (Phi) is 5.14. The molecule has 21 heavy (non-hydrogen) atoms. The summed E-state index contributed by atoms with van der Waals surface area (Å²) in [5.41, 5.74) is 2.35. The van der Waals surface area contributed by atoms with Gasteiger partial charge < -0.3 is 10.0 Å². The number of carboxylic acids is 1. The minimum absolute atomic E-state index is 0.0468. The topological polar surface area (TPSA) is 57.6 Å². The summed E-state index contributed by atoms with van der Waals surface area (Å²) in [5, 5.41) is 8.70. The number of carbonyl (C=O) groups is 2. The zero-order chi connectivity index (χ0) is 15.2. The zero-order valence-corrected chi connectivity index (χ0v) is 12.3. The smallest absolute Gasteiger partial charge is 0.328 e. The summed E-state index contributed by atoms with van der Waals surface area (Å²) in [5.74, 6) is -0.942. The Morgan fingerprint density at radius 1 is 1.10 bits per heavy atom. The molecular weight excluding hydrogens is 266 g/mol. The SMILES string of the molecule is Cc1cc(/C=C/C(=O)O)cc(C(=O)N2CCCCCC2)c1. The number of rotatable bonds is 3. The van der Waals surface area contributed by atoms with E-state index in [0.717, 1.165) is 43.1 Å². The number of amides is 1. The van der Waals surface area contributed by atoms with Gasteiger partial charge in [-0.1, -0.05) is 18.9 Å². The lowest BCUT2D eigenvalue weighted by Gasteiger charge is -2.20. The number of likely N-dealkylation sites (tertiary alicyclic amines) is 1. The number of hydrogen-bond acceptors (Lipinski definition) is 2. The molecular formula is C17H21NO3. The molecule has 2 rings (SSSR count). The van der Waals surface area contributed by atoms with Gasteiger partial charge >= 0.3 is 5.97 Å². The highest BCUT2D eigenvalue weighted by molar-refractivity contribution is 5.95. The third kappa shape index (κ3) is 4.45. The van der Waals surface area contributed by atoms with Crippen molar-refractivity contribution in [2.45, 2.75) is 32.6 Å². The van der Waals surface area contributed by atoms with E-state index in [1.165, 1.54) is 18.9 Å². The molecule has 0 saturated carbocycles. The molecule has 1 amide bonds. The van der Waals surface area contributed by atoms with E-state index in [1.807, 2.05) is 24.0 Å². The number of aliphatic carboxylic acids is 1. The highest BCUT2D eigenvalue weighted by Gasteiger charge is 2.17. The first-order valence-electron chi connectivity index (χ1n) is 7.38. The summed E-state index contributed by atoms with van der Waals surface area (Å²) in [7, 11) is 0. The van der Waals surface area contributed by atoms with Crippen LogP contribution in [0.1, 0.15) is 47.2 Å². The molecule has 0 atom stereocenters. The van der Waals surface area contributed by atoms with Crippen LogP contribution < -0.4 is 0 Å². The van der Waals surface area contributed by atoms with Crippen LogP contribution in [0.4, 0.5) is 0 Å². The number of hydrogen-bond donors (Lipinski definition) is 1. The van der Waals surface area contributed by atoms with E-state index in [1.54, 1.807) is 6.07 Å². The Morgan fingerprint density at radius 2 is 1.76 bits per heavy atom. The van der Waals surface area contributed by atoms with Crippen LogP contribution in [-0.2, 0) is 4.79 Å². The van der Waals surface area contributed by atoms with Gasteiger partial charge in [0.2, 0.25) is 0 Å². The fraction of sp³-hybridized carbons (Fsp3) is 0.412. The molecule has 0 aromatic heterocycles. The van der Waals surface area contributed by atoms with Gasteiger partial charge in [0.15, 0.2) is 0 Å². The maximum absolute atomic E-state index is 12.6. The fourth-order valence-electron chi connectivity index (χ4n) is 2.66. The molecule has 0 unspecified atom stereocenters. The van der Waals surface area contributed by atoms with Crippen LogP contribution in [0.5, 0.6) is 0 Å². The first kappa shape index (κ1) is 15.3. The average Bonchev–Trinajstić information content (AvgIpc) is 2.72. The third-order valence-electron chi connectivity index (χ3n) is 3.66. The lowest BCUT2D eigenvalue weighted by atomic mass is 10.0. The second kappa shape index (κ2) is 7.07. The molecule has 0 aliphatic carbocycles. The Bertz CT molecular complexity index is 555. The van der Waals surface area contributed by atoms with Crippen LogP contribution in [-0.4, -0.2) is 35.0 Å². The quantitative estimate of drug-likeness (QED) is 0.869. The first-order chi connectivity index (χ1) is 10.1. The zero-order valence-electron chi connectivity index (χ0n) is 12.3. The molecule has 4 nitrogen and oxygen atoms in total. The highest BCUT2D eigenvalue weighted by Crippen LogP contribution is 2.17. The lowest BCUT2D eigenvalue weighted by Crippen LogP contribution is -2.31. The molecule has 4 heteroatoms. The van der Waals surface area contributed by atoms with Crippen LogP contribution >= 0.6 is 0 Å². The van der Waals surface area contributed by atoms with Gasteiger partial charge in [0.1, 0.15) is 0 Å². The molecule has 1 aliphatic heterocycles. The summed E-state index contributed by atoms with van der Waals surface area (Å²) in [6.45, 7) is 3.54. The Labute approximate surface area is 125 Å². The summed E-state index contributed by atoms with van der Waals surface area (Å²) < 4.78 is 0. The molecule has 112 valence electrons. The number of carboxylic acid groups (broad SMARTS) is 1. The Hall–Kier alpha value is -2.10. The van der Waals surface area contributed by atoms with Gasteiger partial charge in [0, 0.05) is 24.7 Å². The predicted octanol–water partition coefficient (Wildman–Crippen LogP) is 3.11. The fourth-order valence-corrected chi connectivity index (χ4v) is 2.66. The van der Waals surface area contributed by atoms with Gasteiger partial charge in [-0.25, -0.2) is 4.79 Å². The van der Waals surface area contributed by atoms with Crippen molar-refractivity contribution < 1.29 is 14.7 Å². The minimum Gasteiger partial charge on any atom is -0.478 e. The van der Waals surface area contributed by atoms with Crippen molar-refractivity contribution in [1.29, 1.82) is 0 Å². The molecule has 1 saturated heterocycles. The van der Waals surface area contributed by atoms with E-state index >= 15 is 0 Å². The van der Waals surface area contributed by atoms with Crippen molar-refractivity contribution in [2.75, 3.05) is 13.1 Å². The molecule has 1 aliphatic rings. The van der Waals surface area contributed by atoms with E-state index in [4.69, 9.17) is 5.11 Å². The van der Waals surface area contributed by atoms with E-state index in [9.17, 15) is 9.59 Å². The average molecular weight is 287 g/mol. The maximum atomic E-state index is 12.6. The van der Waals surface area contributed by atoms with Crippen molar-refractivity contribution in [2.24, 2.45) is 0 Å². The summed E-state index contributed by atoms with van der Waals surface area (Å²) >= 11 is 0. The molecule has 1 fully saturated rings. The molecule has 1 aromatic rings. The second-order valence-electron chi connectivity index (χ2n) is 5.51. The largest absolute Gasteiger partial charge is 0.478 e. The van der Waals surface area contributed by atoms with Crippen molar-refractivity contribution in [3.8, 4) is 0 Å². The predicted molar refractivity (Wildman–Crippen MR) is 82.2 cm³/mol. The van der Waals surface area contributed by atoms with Crippen LogP contribution in [0.15, 0.2) is 24.3 Å². The normalized spacial score (nSPS) is 16.0. The van der Waals surface area contributed by atoms with E-state index in [-0.39, 0.29) is 5.91 Å². The molecule has 1 N–H and O–H groups in total. The number of carbonyl (C=O) groups excluding carboxylic acids is 1. The van der Waals surface area contributed by atoms with Gasteiger partial charge in [0.05, 0.1) is 0 Å². The number of benzene rings is 1. The van der Waals surface area contributed by atoms with Gasteiger partial charge in [0.25, 0.3) is 5.91 Å². The molecule has 1 heterocycles. The van der Waals surface area contributed by atoms with Crippen molar-refractivity contribution in [1.82, 2.24) is 4.90 Å².